The normalized spacial score (nSPS) is 16.7. The van der Waals surface area contributed by atoms with Gasteiger partial charge in [0.1, 0.15) is 0 Å². The molecule has 0 aliphatic carbocycles. The second-order valence-electron chi connectivity index (χ2n) is 4.72. The van der Waals surface area contributed by atoms with Gasteiger partial charge in [0.15, 0.2) is 0 Å². The van der Waals surface area contributed by atoms with Crippen LogP contribution in [0.3, 0.4) is 0 Å². The summed E-state index contributed by atoms with van der Waals surface area (Å²) in [7, 11) is -3.63. The van der Waals surface area contributed by atoms with Gasteiger partial charge in [-0.15, -0.1) is 0 Å². The van der Waals surface area contributed by atoms with Crippen LogP contribution < -0.4 is 10.0 Å². The molecule has 0 spiro atoms. The van der Waals surface area contributed by atoms with Gasteiger partial charge in [0.2, 0.25) is 5.96 Å². The van der Waals surface area contributed by atoms with Crippen molar-refractivity contribution in [2.24, 2.45) is 4.99 Å². The largest absolute Gasteiger partial charge is 0.343 e. The van der Waals surface area contributed by atoms with E-state index in [-0.39, 0.29) is 10.9 Å². The van der Waals surface area contributed by atoms with Crippen LogP contribution in [0.2, 0.25) is 5.02 Å². The number of nitrogens with zero attached hydrogens (tertiary/aromatic N) is 2. The second-order valence-corrected chi connectivity index (χ2v) is 6.84. The molecule has 0 saturated carbocycles. The maximum Gasteiger partial charge on any atom is 0.264 e. The zero-order chi connectivity index (χ0) is 14.8. The van der Waals surface area contributed by atoms with Gasteiger partial charge in [-0.25, -0.2) is 18.1 Å². The van der Waals surface area contributed by atoms with Gasteiger partial charge >= 0.3 is 0 Å². The average molecular weight is 317 g/mol. The molecule has 0 fully saturated rings. The molecule has 1 aromatic carbocycles. The van der Waals surface area contributed by atoms with Gasteiger partial charge in [-0.3, -0.25) is 4.90 Å². The summed E-state index contributed by atoms with van der Waals surface area (Å²) in [6.07, 6.45) is 0. The minimum absolute atomic E-state index is 0.151. The monoisotopic (exact) mass is 316 g/mol. The second kappa shape index (κ2) is 5.99. The van der Waals surface area contributed by atoms with Crippen LogP contribution in [0, 0.1) is 0 Å². The Bertz CT molecular complexity index is 598. The van der Waals surface area contributed by atoms with Crippen LogP contribution in [0.15, 0.2) is 34.2 Å². The lowest BCUT2D eigenvalue weighted by molar-refractivity contribution is 0.213. The number of benzene rings is 1. The molecule has 0 atom stereocenters. The van der Waals surface area contributed by atoms with E-state index < -0.39 is 10.0 Å². The molecule has 1 aliphatic heterocycles. The third-order valence-electron chi connectivity index (χ3n) is 2.95. The maximum absolute atomic E-state index is 12.1. The summed E-state index contributed by atoms with van der Waals surface area (Å²) in [5.74, 6) is 0.261. The highest BCUT2D eigenvalue weighted by molar-refractivity contribution is 7.90. The van der Waals surface area contributed by atoms with Crippen molar-refractivity contribution >= 4 is 27.6 Å². The van der Waals surface area contributed by atoms with Crippen LogP contribution in [0.25, 0.3) is 0 Å². The topological polar surface area (TPSA) is 73.8 Å². The molecule has 6 nitrogen and oxygen atoms in total. The van der Waals surface area contributed by atoms with Crippen molar-refractivity contribution in [3.05, 3.63) is 29.3 Å². The number of halogens is 1. The smallest absolute Gasteiger partial charge is 0.264 e. The predicted octanol–water partition coefficient (Wildman–Crippen LogP) is 1.20. The van der Waals surface area contributed by atoms with Crippen LogP contribution in [-0.2, 0) is 10.0 Å². The highest BCUT2D eigenvalue weighted by atomic mass is 35.5. The van der Waals surface area contributed by atoms with E-state index in [1.54, 1.807) is 0 Å². The van der Waals surface area contributed by atoms with Crippen molar-refractivity contribution in [1.82, 2.24) is 14.9 Å². The third kappa shape index (κ3) is 3.62. The molecule has 0 amide bonds. The number of hydrogen-bond acceptors (Lipinski definition) is 5. The predicted molar refractivity (Wildman–Crippen MR) is 79.1 cm³/mol. The Morgan fingerprint density at radius 3 is 2.50 bits per heavy atom. The Morgan fingerprint density at radius 1 is 1.35 bits per heavy atom. The zero-order valence-corrected chi connectivity index (χ0v) is 12.9. The van der Waals surface area contributed by atoms with E-state index in [2.05, 4.69) is 33.8 Å². The fourth-order valence-corrected chi connectivity index (χ4v) is 2.79. The van der Waals surface area contributed by atoms with Crippen LogP contribution in [0.1, 0.15) is 13.8 Å². The quantitative estimate of drug-likeness (QED) is 0.879. The Labute approximate surface area is 123 Å². The third-order valence-corrected chi connectivity index (χ3v) is 4.55. The Kier molecular flexibility index (Phi) is 4.52. The van der Waals surface area contributed by atoms with Crippen molar-refractivity contribution < 1.29 is 8.42 Å². The van der Waals surface area contributed by atoms with Crippen molar-refractivity contribution in [3.63, 3.8) is 0 Å². The summed E-state index contributed by atoms with van der Waals surface area (Å²) < 4.78 is 26.7. The number of rotatable bonds is 3. The highest BCUT2D eigenvalue weighted by Crippen LogP contribution is 2.13. The fraction of sp³-hybridized carbons (Fsp3) is 0.417. The number of aliphatic imine (C=N–C) groups is 1. The molecular weight excluding hydrogens is 300 g/mol. The first-order valence-corrected chi connectivity index (χ1v) is 8.05. The fourth-order valence-electron chi connectivity index (χ4n) is 1.66. The van der Waals surface area contributed by atoms with Crippen LogP contribution in [0.4, 0.5) is 0 Å². The Hall–Kier alpha value is -1.31. The first-order valence-electron chi connectivity index (χ1n) is 6.19. The lowest BCUT2D eigenvalue weighted by Crippen LogP contribution is -2.51. The molecule has 0 bridgehead atoms. The lowest BCUT2D eigenvalue weighted by atomic mass is 10.3. The maximum atomic E-state index is 12.1. The first-order chi connectivity index (χ1) is 9.38. The van der Waals surface area contributed by atoms with Gasteiger partial charge in [-0.1, -0.05) is 11.6 Å². The Morgan fingerprint density at radius 2 is 2.00 bits per heavy atom. The Balaban J connectivity index is 2.08. The molecule has 8 heteroatoms. The summed E-state index contributed by atoms with van der Waals surface area (Å²) >= 11 is 5.74. The van der Waals surface area contributed by atoms with Crippen molar-refractivity contribution in [2.75, 3.05) is 13.3 Å². The molecule has 1 aliphatic rings. The van der Waals surface area contributed by atoms with Gasteiger partial charge in [0.25, 0.3) is 10.0 Å². The van der Waals surface area contributed by atoms with Gasteiger partial charge in [-0.05, 0) is 38.1 Å². The van der Waals surface area contributed by atoms with E-state index in [9.17, 15) is 8.42 Å². The van der Waals surface area contributed by atoms with E-state index in [1.165, 1.54) is 24.3 Å². The minimum Gasteiger partial charge on any atom is -0.343 e. The van der Waals surface area contributed by atoms with Crippen molar-refractivity contribution in [3.8, 4) is 0 Å². The molecule has 2 rings (SSSR count). The van der Waals surface area contributed by atoms with Gasteiger partial charge in [-0.2, -0.15) is 0 Å². The summed E-state index contributed by atoms with van der Waals surface area (Å²) in [5.41, 5.74) is 0. The molecular formula is C12H17ClN4O2S. The molecule has 0 saturated heterocycles. The van der Waals surface area contributed by atoms with Crippen LogP contribution >= 0.6 is 11.6 Å². The molecule has 0 unspecified atom stereocenters. The molecule has 1 heterocycles. The molecule has 2 N–H and O–H groups in total. The average Bonchev–Trinajstić information content (AvgIpc) is 2.39. The number of nitrogens with one attached hydrogen (secondary N) is 2. The highest BCUT2D eigenvalue weighted by Gasteiger charge is 2.20. The van der Waals surface area contributed by atoms with E-state index in [0.29, 0.717) is 24.4 Å². The van der Waals surface area contributed by atoms with Crippen LogP contribution in [0.5, 0.6) is 0 Å². The molecule has 110 valence electrons. The van der Waals surface area contributed by atoms with E-state index in [0.717, 1.165) is 0 Å². The van der Waals surface area contributed by atoms with Gasteiger partial charge in [0, 0.05) is 11.1 Å². The standard InChI is InChI=1S/C12H17ClN4O2S/c1-9(2)17-7-14-12(15-8-17)16-20(18,19)11-5-3-10(13)4-6-11/h3-6,9H,7-8H2,1-2H3,(H2,14,15,16). The van der Waals surface area contributed by atoms with Gasteiger partial charge < -0.3 is 5.32 Å². The SMILES string of the molecule is CC(C)N1CN=C(NS(=O)(=O)c2ccc(Cl)cc2)NC1. The summed E-state index contributed by atoms with van der Waals surface area (Å²) in [6, 6.07) is 6.32. The van der Waals surface area contributed by atoms with E-state index in [4.69, 9.17) is 11.6 Å². The molecule has 0 aromatic heterocycles. The molecule has 0 radical (unpaired) electrons. The summed E-state index contributed by atoms with van der Waals surface area (Å²) in [5, 5.41) is 3.44. The van der Waals surface area contributed by atoms with E-state index >= 15 is 0 Å². The number of sulfonamides is 1. The summed E-state index contributed by atoms with van der Waals surface area (Å²) in [6.45, 7) is 5.13. The first kappa shape index (κ1) is 15.1. The number of guanidine groups is 1. The van der Waals surface area contributed by atoms with E-state index in [1.807, 2.05) is 0 Å². The van der Waals surface area contributed by atoms with Gasteiger partial charge in [0.05, 0.1) is 18.2 Å². The minimum atomic E-state index is -3.63. The summed E-state index contributed by atoms with van der Waals surface area (Å²) in [4.78, 5) is 6.40. The van der Waals surface area contributed by atoms with Crippen molar-refractivity contribution in [1.29, 1.82) is 0 Å². The lowest BCUT2D eigenvalue weighted by Gasteiger charge is -2.29. The zero-order valence-electron chi connectivity index (χ0n) is 11.3. The van der Waals surface area contributed by atoms with Crippen molar-refractivity contribution in [2.45, 2.75) is 24.8 Å². The van der Waals surface area contributed by atoms with Crippen LogP contribution in [-0.4, -0.2) is 38.7 Å². The number of hydrogen-bond donors (Lipinski definition) is 2. The molecule has 1 aromatic rings. The molecule has 20 heavy (non-hydrogen) atoms.